The van der Waals surface area contributed by atoms with E-state index in [-0.39, 0.29) is 0 Å². The second-order valence-electron chi connectivity index (χ2n) is 8.37. The molecular formula is C25H30Zr. The van der Waals surface area contributed by atoms with Gasteiger partial charge in [-0.1, -0.05) is 0 Å². The zero-order valence-electron chi connectivity index (χ0n) is 16.8. The zero-order valence-corrected chi connectivity index (χ0v) is 19.3. The van der Waals surface area contributed by atoms with Crippen LogP contribution < -0.4 is 0 Å². The molecule has 1 aromatic rings. The molecule has 1 heteroatoms. The summed E-state index contributed by atoms with van der Waals surface area (Å²) in [5, 5.41) is 0. The molecule has 4 rings (SSSR count). The first-order valence-corrected chi connectivity index (χ1v) is 12.7. The Bertz CT molecular complexity index is 847. The second-order valence-corrected chi connectivity index (χ2v) is 11.8. The molecule has 0 aromatic heterocycles. The van der Waals surface area contributed by atoms with Gasteiger partial charge in [-0.3, -0.25) is 0 Å². The first-order chi connectivity index (χ1) is 12.5. The van der Waals surface area contributed by atoms with E-state index in [4.69, 9.17) is 0 Å². The van der Waals surface area contributed by atoms with Gasteiger partial charge < -0.3 is 0 Å². The van der Waals surface area contributed by atoms with Gasteiger partial charge in [-0.15, -0.1) is 0 Å². The summed E-state index contributed by atoms with van der Waals surface area (Å²) in [6, 6.07) is 11.2. The Labute approximate surface area is 170 Å². The topological polar surface area (TPSA) is 0 Å². The maximum absolute atomic E-state index is 2.58. The molecule has 3 unspecified atom stereocenters. The van der Waals surface area contributed by atoms with E-state index in [0.717, 1.165) is 3.63 Å². The number of allylic oxidation sites excluding steroid dienone is 8. The monoisotopic (exact) mass is 420 g/mol. The van der Waals surface area contributed by atoms with Crippen molar-refractivity contribution in [2.75, 3.05) is 0 Å². The Morgan fingerprint density at radius 1 is 0.962 bits per heavy atom. The molecule has 0 saturated carbocycles. The van der Waals surface area contributed by atoms with Gasteiger partial charge in [-0.25, -0.2) is 0 Å². The molecule has 0 spiro atoms. The molecule has 0 radical (unpaired) electrons. The van der Waals surface area contributed by atoms with Gasteiger partial charge >= 0.3 is 171 Å². The fraction of sp³-hybridized carbons (Fsp3) is 0.440. The van der Waals surface area contributed by atoms with E-state index in [1.54, 1.807) is 27.9 Å². The average Bonchev–Trinajstić information content (AvgIpc) is 3.07. The number of rotatable bonds is 3. The molecule has 0 fully saturated rings. The van der Waals surface area contributed by atoms with Gasteiger partial charge in [0.15, 0.2) is 0 Å². The van der Waals surface area contributed by atoms with Crippen LogP contribution in [0.5, 0.6) is 0 Å². The van der Waals surface area contributed by atoms with Crippen molar-refractivity contribution in [3.63, 3.8) is 0 Å². The van der Waals surface area contributed by atoms with Crippen molar-refractivity contribution in [1.29, 1.82) is 0 Å². The number of hydrogen-bond donors (Lipinski definition) is 0. The summed E-state index contributed by atoms with van der Waals surface area (Å²) in [7, 11) is 0. The molecule has 26 heavy (non-hydrogen) atoms. The minimum atomic E-state index is -0.640. The standard InChI is InChI=1S/C16H17.C9H13.Zr/c1-12-10-14-8-5-9-15(16(14)11-12)13-6-3-2-4-7-13;1-6-5-7(2)9(4)8(6)3;/h2-4,6-7,10-11,15H,5,8-9H2,1H3;6H,1-4H3;. The first kappa shape index (κ1) is 18.4. The van der Waals surface area contributed by atoms with Crippen LogP contribution in [0.2, 0.25) is 3.63 Å². The third-order valence-corrected chi connectivity index (χ3v) is 12.5. The Morgan fingerprint density at radius 2 is 1.69 bits per heavy atom. The number of hydrogen-bond acceptors (Lipinski definition) is 0. The summed E-state index contributed by atoms with van der Waals surface area (Å²) in [5.74, 6) is 1.34. The molecule has 0 amide bonds. The predicted molar refractivity (Wildman–Crippen MR) is 108 cm³/mol. The quantitative estimate of drug-likeness (QED) is 0.479. The van der Waals surface area contributed by atoms with Gasteiger partial charge in [0.2, 0.25) is 0 Å². The molecule has 0 N–H and O–H groups in total. The van der Waals surface area contributed by atoms with E-state index in [9.17, 15) is 0 Å². The SMILES string of the molecule is CC1=CC2=C(CCCC2c2ccccc2)[CH]1[Zr][C]1=C(C)C(C)=C(C)C1C. The summed E-state index contributed by atoms with van der Waals surface area (Å²) < 4.78 is 2.67. The van der Waals surface area contributed by atoms with E-state index in [1.165, 1.54) is 24.8 Å². The minimum absolute atomic E-state index is 0.636. The van der Waals surface area contributed by atoms with Crippen molar-refractivity contribution in [2.24, 2.45) is 5.92 Å². The Balaban J connectivity index is 1.66. The molecule has 1 aromatic carbocycles. The predicted octanol–water partition coefficient (Wildman–Crippen LogP) is 7.34. The van der Waals surface area contributed by atoms with Gasteiger partial charge in [0.1, 0.15) is 0 Å². The Kier molecular flexibility index (Phi) is 5.13. The van der Waals surface area contributed by atoms with E-state index < -0.39 is 23.2 Å². The molecule has 3 aliphatic rings. The van der Waals surface area contributed by atoms with Crippen LogP contribution in [0.25, 0.3) is 0 Å². The normalized spacial score (nSPS) is 28.7. The number of benzene rings is 1. The van der Waals surface area contributed by atoms with Crippen molar-refractivity contribution >= 4 is 0 Å². The third kappa shape index (κ3) is 3.01. The summed E-state index contributed by atoms with van der Waals surface area (Å²) in [5.41, 5.74) is 11.5. The zero-order chi connectivity index (χ0) is 18.4. The van der Waals surface area contributed by atoms with Crippen LogP contribution in [0, 0.1) is 5.92 Å². The van der Waals surface area contributed by atoms with Crippen LogP contribution in [-0.4, -0.2) is 0 Å². The van der Waals surface area contributed by atoms with Crippen LogP contribution in [0.1, 0.15) is 65.4 Å². The van der Waals surface area contributed by atoms with Crippen molar-refractivity contribution in [3.8, 4) is 0 Å². The molecular weight excluding hydrogens is 391 g/mol. The van der Waals surface area contributed by atoms with Crippen LogP contribution in [0.3, 0.4) is 0 Å². The summed E-state index contributed by atoms with van der Waals surface area (Å²) in [6.07, 6.45) is 6.60. The molecule has 3 aliphatic carbocycles. The molecule has 3 atom stereocenters. The fourth-order valence-electron chi connectivity index (χ4n) is 5.11. The van der Waals surface area contributed by atoms with Gasteiger partial charge in [0.25, 0.3) is 0 Å². The Hall–Kier alpha value is -0.937. The molecule has 134 valence electrons. The molecule has 0 heterocycles. The van der Waals surface area contributed by atoms with Gasteiger partial charge in [-0.2, -0.15) is 0 Å². The van der Waals surface area contributed by atoms with Crippen LogP contribution in [0.15, 0.2) is 73.1 Å². The van der Waals surface area contributed by atoms with Crippen molar-refractivity contribution in [1.82, 2.24) is 0 Å². The van der Waals surface area contributed by atoms with E-state index >= 15 is 0 Å². The van der Waals surface area contributed by atoms with E-state index in [0.29, 0.717) is 11.8 Å². The second kappa shape index (κ2) is 7.23. The van der Waals surface area contributed by atoms with E-state index in [2.05, 4.69) is 71.0 Å². The molecule has 0 bridgehead atoms. The van der Waals surface area contributed by atoms with Crippen molar-refractivity contribution in [2.45, 2.75) is 63.4 Å². The third-order valence-electron chi connectivity index (χ3n) is 7.01. The van der Waals surface area contributed by atoms with E-state index in [1.807, 2.05) is 8.85 Å². The van der Waals surface area contributed by atoms with Crippen LogP contribution >= 0.6 is 0 Å². The molecule has 0 nitrogen and oxygen atoms in total. The summed E-state index contributed by atoms with van der Waals surface area (Å²) in [6.45, 7) is 11.9. The Morgan fingerprint density at radius 3 is 2.35 bits per heavy atom. The van der Waals surface area contributed by atoms with Gasteiger partial charge in [-0.05, 0) is 0 Å². The average molecular weight is 422 g/mol. The van der Waals surface area contributed by atoms with Gasteiger partial charge in [0.05, 0.1) is 0 Å². The molecule has 0 saturated heterocycles. The van der Waals surface area contributed by atoms with Crippen LogP contribution in [-0.2, 0) is 23.2 Å². The summed E-state index contributed by atoms with van der Waals surface area (Å²) >= 11 is -0.640. The maximum atomic E-state index is 2.58. The molecule has 0 aliphatic heterocycles. The van der Waals surface area contributed by atoms with Crippen molar-refractivity contribution in [3.05, 3.63) is 78.7 Å². The van der Waals surface area contributed by atoms with Gasteiger partial charge in [0, 0.05) is 0 Å². The van der Waals surface area contributed by atoms with Crippen LogP contribution in [0.4, 0.5) is 0 Å². The fourth-order valence-corrected chi connectivity index (χ4v) is 9.97. The summed E-state index contributed by atoms with van der Waals surface area (Å²) in [4.78, 5) is 0. The first-order valence-electron chi connectivity index (χ1n) is 10.1. The van der Waals surface area contributed by atoms with Crippen molar-refractivity contribution < 1.29 is 23.2 Å².